The first-order chi connectivity index (χ1) is 11.1. The third-order valence-electron chi connectivity index (χ3n) is 4.82. The Hall–Kier alpha value is -1.15. The number of hydrogen-bond acceptors (Lipinski definition) is 4. The molecule has 8 heteroatoms. The Bertz CT molecular complexity index is 702. The van der Waals surface area contributed by atoms with Crippen molar-refractivity contribution in [3.63, 3.8) is 0 Å². The lowest BCUT2D eigenvalue weighted by Crippen LogP contribution is -2.53. The Morgan fingerprint density at radius 1 is 1.32 bits per heavy atom. The molecule has 2 rings (SSSR count). The number of hydrogen-bond donors (Lipinski definition) is 2. The van der Waals surface area contributed by atoms with E-state index in [1.807, 2.05) is 20.8 Å². The summed E-state index contributed by atoms with van der Waals surface area (Å²) in [7, 11) is -2.00. The maximum absolute atomic E-state index is 12.4. The molecule has 1 unspecified atom stereocenters. The summed E-state index contributed by atoms with van der Waals surface area (Å²) in [6.07, 6.45) is 2.15. The molecule has 0 aromatic heterocycles. The van der Waals surface area contributed by atoms with Crippen molar-refractivity contribution in [1.82, 2.24) is 9.62 Å². The number of halogens is 1. The fourth-order valence-electron chi connectivity index (χ4n) is 2.59. The number of carbonyl (C=O) groups excluding carboxylic acids is 1. The highest BCUT2D eigenvalue weighted by atomic mass is 35.5. The number of sulfonamides is 1. The molecule has 0 radical (unpaired) electrons. The van der Waals surface area contributed by atoms with E-state index in [2.05, 4.69) is 5.32 Å². The highest BCUT2D eigenvalue weighted by Gasteiger charge is 2.41. The minimum absolute atomic E-state index is 0. The van der Waals surface area contributed by atoms with E-state index in [4.69, 9.17) is 5.73 Å². The Balaban J connectivity index is 0.00000312. The molecule has 0 spiro atoms. The molecule has 3 N–H and O–H groups in total. The van der Waals surface area contributed by atoms with E-state index in [1.165, 1.54) is 16.4 Å². The van der Waals surface area contributed by atoms with Gasteiger partial charge in [0.25, 0.3) is 5.91 Å². The Morgan fingerprint density at radius 2 is 1.84 bits per heavy atom. The molecule has 1 aromatic rings. The summed E-state index contributed by atoms with van der Waals surface area (Å²) in [5, 5.41) is 3.00. The molecule has 25 heavy (non-hydrogen) atoms. The molecule has 1 aliphatic carbocycles. The first kappa shape index (κ1) is 21.9. The van der Waals surface area contributed by atoms with Crippen molar-refractivity contribution in [2.45, 2.75) is 50.1 Å². The second kappa shape index (κ2) is 8.03. The second-order valence-corrected chi connectivity index (χ2v) is 8.99. The molecule has 1 fully saturated rings. The number of rotatable bonds is 7. The zero-order chi connectivity index (χ0) is 18.1. The van der Waals surface area contributed by atoms with Crippen LogP contribution in [0.15, 0.2) is 29.2 Å². The van der Waals surface area contributed by atoms with Crippen LogP contribution in [0.2, 0.25) is 0 Å². The molecule has 1 aromatic carbocycles. The quantitative estimate of drug-likeness (QED) is 0.745. The van der Waals surface area contributed by atoms with Gasteiger partial charge in [-0.25, -0.2) is 8.42 Å². The molecule has 0 saturated heterocycles. The maximum Gasteiger partial charge on any atom is 0.251 e. The summed E-state index contributed by atoms with van der Waals surface area (Å²) in [6, 6.07) is 5.89. The summed E-state index contributed by atoms with van der Waals surface area (Å²) in [5.74, 6) is 0.196. The van der Waals surface area contributed by atoms with E-state index < -0.39 is 15.6 Å². The third kappa shape index (κ3) is 4.73. The van der Waals surface area contributed by atoms with E-state index in [1.54, 1.807) is 19.2 Å². The standard InChI is InChI=1S/C17H27N3O3S.ClH/c1-12(2)20(4)24(22,23)15-9-5-13(6-10-15)16(21)19-17(3,11-18)14-7-8-14;/h5-6,9-10,12,14H,7-8,11,18H2,1-4H3,(H,19,21);1H. The summed E-state index contributed by atoms with van der Waals surface area (Å²) in [6.45, 7) is 5.96. The summed E-state index contributed by atoms with van der Waals surface area (Å²) < 4.78 is 26.2. The van der Waals surface area contributed by atoms with Gasteiger partial charge in [0.1, 0.15) is 0 Å². The van der Waals surface area contributed by atoms with Crippen molar-refractivity contribution in [2.75, 3.05) is 13.6 Å². The van der Waals surface area contributed by atoms with Crippen molar-refractivity contribution in [1.29, 1.82) is 0 Å². The minimum Gasteiger partial charge on any atom is -0.345 e. The molecule has 142 valence electrons. The van der Waals surface area contributed by atoms with Crippen LogP contribution in [0.3, 0.4) is 0 Å². The third-order valence-corrected chi connectivity index (χ3v) is 6.87. The van der Waals surface area contributed by atoms with Crippen molar-refractivity contribution in [2.24, 2.45) is 11.7 Å². The van der Waals surface area contributed by atoms with Gasteiger partial charge in [0.05, 0.1) is 10.4 Å². The summed E-state index contributed by atoms with van der Waals surface area (Å²) >= 11 is 0. The average molecular weight is 390 g/mol. The Labute approximate surface area is 156 Å². The first-order valence-electron chi connectivity index (χ1n) is 8.22. The van der Waals surface area contributed by atoms with Crippen LogP contribution in [0.1, 0.15) is 44.0 Å². The topological polar surface area (TPSA) is 92.5 Å². The highest BCUT2D eigenvalue weighted by molar-refractivity contribution is 7.89. The summed E-state index contributed by atoms with van der Waals surface area (Å²) in [5.41, 5.74) is 5.85. The SMILES string of the molecule is CC(C)N(C)S(=O)(=O)c1ccc(C(=O)NC(C)(CN)C2CC2)cc1.Cl. The van der Waals surface area contributed by atoms with Crippen LogP contribution in [0.4, 0.5) is 0 Å². The number of benzene rings is 1. The number of carbonyl (C=O) groups is 1. The van der Waals surface area contributed by atoms with Gasteiger partial charge >= 0.3 is 0 Å². The van der Waals surface area contributed by atoms with Gasteiger partial charge in [-0.15, -0.1) is 12.4 Å². The van der Waals surface area contributed by atoms with Crippen LogP contribution in [0.25, 0.3) is 0 Å². The normalized spacial score (nSPS) is 17.1. The number of nitrogens with zero attached hydrogens (tertiary/aromatic N) is 1. The average Bonchev–Trinajstić information content (AvgIpc) is 3.39. The predicted molar refractivity (Wildman–Crippen MR) is 101 cm³/mol. The zero-order valence-corrected chi connectivity index (χ0v) is 16.8. The monoisotopic (exact) mass is 389 g/mol. The minimum atomic E-state index is -3.54. The number of amides is 1. The fraction of sp³-hybridized carbons (Fsp3) is 0.588. The first-order valence-corrected chi connectivity index (χ1v) is 9.66. The van der Waals surface area contributed by atoms with Crippen LogP contribution in [-0.2, 0) is 10.0 Å². The van der Waals surface area contributed by atoms with Gasteiger partial charge in [0, 0.05) is 25.2 Å². The Kier molecular flexibility index (Phi) is 7.03. The van der Waals surface area contributed by atoms with E-state index in [0.29, 0.717) is 18.0 Å². The molecule has 0 bridgehead atoms. The summed E-state index contributed by atoms with van der Waals surface area (Å²) in [4.78, 5) is 12.6. The molecule has 0 heterocycles. The predicted octanol–water partition coefficient (Wildman–Crippen LogP) is 1.99. The van der Waals surface area contributed by atoms with Crippen LogP contribution >= 0.6 is 12.4 Å². The van der Waals surface area contributed by atoms with Crippen LogP contribution in [0.5, 0.6) is 0 Å². The number of nitrogens with one attached hydrogen (secondary N) is 1. The fourth-order valence-corrected chi connectivity index (χ4v) is 3.96. The molecular weight excluding hydrogens is 362 g/mol. The van der Waals surface area contributed by atoms with Crippen molar-refractivity contribution < 1.29 is 13.2 Å². The molecule has 1 atom stereocenters. The van der Waals surface area contributed by atoms with Gasteiger partial charge in [-0.05, 0) is 63.8 Å². The number of nitrogens with two attached hydrogens (primary N) is 1. The van der Waals surface area contributed by atoms with Crippen molar-refractivity contribution >= 4 is 28.3 Å². The van der Waals surface area contributed by atoms with Crippen LogP contribution in [-0.4, -0.2) is 43.8 Å². The smallest absolute Gasteiger partial charge is 0.251 e. The van der Waals surface area contributed by atoms with Gasteiger partial charge in [-0.1, -0.05) is 0 Å². The van der Waals surface area contributed by atoms with Crippen molar-refractivity contribution in [3.8, 4) is 0 Å². The van der Waals surface area contributed by atoms with E-state index in [-0.39, 0.29) is 29.3 Å². The molecule has 1 aliphatic rings. The van der Waals surface area contributed by atoms with E-state index in [9.17, 15) is 13.2 Å². The maximum atomic E-state index is 12.4. The zero-order valence-electron chi connectivity index (χ0n) is 15.2. The molecule has 0 aliphatic heterocycles. The van der Waals surface area contributed by atoms with Gasteiger partial charge in [0.15, 0.2) is 0 Å². The van der Waals surface area contributed by atoms with Gasteiger partial charge in [-0.2, -0.15) is 4.31 Å². The lowest BCUT2D eigenvalue weighted by molar-refractivity contribution is 0.0897. The van der Waals surface area contributed by atoms with Gasteiger partial charge in [-0.3, -0.25) is 4.79 Å². The lowest BCUT2D eigenvalue weighted by atomic mass is 9.95. The van der Waals surface area contributed by atoms with E-state index >= 15 is 0 Å². The van der Waals surface area contributed by atoms with Crippen LogP contribution < -0.4 is 11.1 Å². The Morgan fingerprint density at radius 3 is 2.24 bits per heavy atom. The second-order valence-electron chi connectivity index (χ2n) is 6.99. The molecule has 6 nitrogen and oxygen atoms in total. The molecule has 1 saturated carbocycles. The lowest BCUT2D eigenvalue weighted by Gasteiger charge is -2.29. The van der Waals surface area contributed by atoms with E-state index in [0.717, 1.165) is 12.8 Å². The molecular formula is C17H28ClN3O3S. The van der Waals surface area contributed by atoms with Gasteiger partial charge in [0.2, 0.25) is 10.0 Å². The van der Waals surface area contributed by atoms with Crippen molar-refractivity contribution in [3.05, 3.63) is 29.8 Å². The van der Waals surface area contributed by atoms with Crippen LogP contribution in [0, 0.1) is 5.92 Å². The largest absolute Gasteiger partial charge is 0.345 e. The van der Waals surface area contributed by atoms with Gasteiger partial charge < -0.3 is 11.1 Å². The highest BCUT2D eigenvalue weighted by Crippen LogP contribution is 2.39. The molecule has 1 amide bonds.